The Morgan fingerprint density at radius 1 is 1.35 bits per heavy atom. The Bertz CT molecular complexity index is 507. The molecule has 0 N–H and O–H groups in total. The molecule has 0 amide bonds. The van der Waals surface area contributed by atoms with Crippen LogP contribution in [0.3, 0.4) is 0 Å². The summed E-state index contributed by atoms with van der Waals surface area (Å²) in [7, 11) is 0. The van der Waals surface area contributed by atoms with E-state index in [-0.39, 0.29) is 25.2 Å². The monoisotopic (exact) mass is 311 g/mol. The van der Waals surface area contributed by atoms with E-state index in [2.05, 4.69) is 9.97 Å². The third-order valence-corrected chi connectivity index (χ3v) is 3.63. The molecule has 20 heavy (non-hydrogen) atoms. The lowest BCUT2D eigenvalue weighted by Crippen LogP contribution is -2.54. The van der Waals surface area contributed by atoms with Crippen LogP contribution in [0.2, 0.25) is 5.15 Å². The summed E-state index contributed by atoms with van der Waals surface area (Å²) in [4.78, 5) is 9.07. The lowest BCUT2D eigenvalue weighted by Gasteiger charge is -2.46. The van der Waals surface area contributed by atoms with Crippen LogP contribution in [0.15, 0.2) is 6.20 Å². The normalized spacial score (nSPS) is 21.3. The zero-order valence-electron chi connectivity index (χ0n) is 11.0. The molecule has 1 fully saturated rings. The minimum Gasteiger partial charge on any atom is -0.350 e. The largest absolute Gasteiger partial charge is 0.350 e. The first-order chi connectivity index (χ1) is 9.12. The van der Waals surface area contributed by atoms with Gasteiger partial charge in [-0.1, -0.05) is 11.6 Å². The first-order valence-corrected chi connectivity index (χ1v) is 6.46. The minimum absolute atomic E-state index is 0.0685. The van der Waals surface area contributed by atoms with Crippen molar-refractivity contribution < 1.29 is 17.6 Å². The van der Waals surface area contributed by atoms with E-state index in [1.54, 1.807) is 18.7 Å². The first-order valence-electron chi connectivity index (χ1n) is 6.08. The summed E-state index contributed by atoms with van der Waals surface area (Å²) in [6, 6.07) is 0. The van der Waals surface area contributed by atoms with E-state index in [1.807, 2.05) is 0 Å². The van der Waals surface area contributed by atoms with Crippen LogP contribution >= 0.6 is 11.6 Å². The fraction of sp³-hybridized carbons (Fsp3) is 0.667. The SMILES string of the molecule is CC1(C)CC(F)(F)CCN1c1cnc(C(F)F)c(Cl)n1. The van der Waals surface area contributed by atoms with Crippen LogP contribution in [0.4, 0.5) is 23.4 Å². The minimum atomic E-state index is -2.82. The molecule has 0 saturated carbocycles. The maximum absolute atomic E-state index is 13.5. The molecule has 112 valence electrons. The number of alkyl halides is 4. The predicted octanol–water partition coefficient (Wildman–Crippen LogP) is 4.08. The number of rotatable bonds is 2. The van der Waals surface area contributed by atoms with Crippen LogP contribution in [0.25, 0.3) is 0 Å². The first kappa shape index (κ1) is 15.3. The van der Waals surface area contributed by atoms with E-state index in [4.69, 9.17) is 11.6 Å². The highest BCUT2D eigenvalue weighted by atomic mass is 35.5. The topological polar surface area (TPSA) is 29.0 Å². The molecule has 2 heterocycles. The van der Waals surface area contributed by atoms with Crippen molar-refractivity contribution >= 4 is 17.4 Å². The van der Waals surface area contributed by atoms with Crippen molar-refractivity contribution in [2.45, 2.75) is 44.6 Å². The molecular formula is C12H14ClF4N3. The number of nitrogens with zero attached hydrogens (tertiary/aromatic N) is 3. The number of piperidine rings is 1. The highest BCUT2D eigenvalue weighted by molar-refractivity contribution is 6.30. The van der Waals surface area contributed by atoms with Gasteiger partial charge in [-0.25, -0.2) is 27.5 Å². The van der Waals surface area contributed by atoms with Crippen LogP contribution in [0, 0.1) is 0 Å². The van der Waals surface area contributed by atoms with Gasteiger partial charge < -0.3 is 4.90 Å². The van der Waals surface area contributed by atoms with Gasteiger partial charge in [-0.15, -0.1) is 0 Å². The Morgan fingerprint density at radius 3 is 2.50 bits per heavy atom. The molecule has 0 radical (unpaired) electrons. The van der Waals surface area contributed by atoms with Crippen molar-refractivity contribution in [2.75, 3.05) is 11.4 Å². The molecule has 0 aromatic carbocycles. The number of hydrogen-bond donors (Lipinski definition) is 0. The van der Waals surface area contributed by atoms with Gasteiger partial charge in [-0.2, -0.15) is 0 Å². The van der Waals surface area contributed by atoms with Gasteiger partial charge in [0.15, 0.2) is 5.15 Å². The molecule has 1 aliphatic heterocycles. The Kier molecular flexibility index (Phi) is 3.83. The highest BCUT2D eigenvalue weighted by Gasteiger charge is 2.45. The van der Waals surface area contributed by atoms with Gasteiger partial charge >= 0.3 is 0 Å². The van der Waals surface area contributed by atoms with Gasteiger partial charge in [0.1, 0.15) is 11.5 Å². The summed E-state index contributed by atoms with van der Waals surface area (Å²) in [5.41, 5.74) is -1.46. The second-order valence-corrected chi connectivity index (χ2v) is 5.81. The van der Waals surface area contributed by atoms with Gasteiger partial charge in [0.25, 0.3) is 12.3 Å². The molecule has 8 heteroatoms. The van der Waals surface area contributed by atoms with Crippen molar-refractivity contribution in [3.8, 4) is 0 Å². The van der Waals surface area contributed by atoms with Crippen LogP contribution in [0.1, 0.15) is 38.8 Å². The second kappa shape index (κ2) is 5.02. The number of anilines is 1. The summed E-state index contributed by atoms with van der Waals surface area (Å²) in [5, 5.41) is -0.398. The Morgan fingerprint density at radius 2 is 2.00 bits per heavy atom. The van der Waals surface area contributed by atoms with Crippen molar-refractivity contribution in [1.82, 2.24) is 9.97 Å². The second-order valence-electron chi connectivity index (χ2n) is 5.45. The molecule has 0 unspecified atom stereocenters. The molecule has 3 nitrogen and oxygen atoms in total. The maximum Gasteiger partial charge on any atom is 0.283 e. The molecule has 0 bridgehead atoms. The van der Waals surface area contributed by atoms with Crippen molar-refractivity contribution in [1.29, 1.82) is 0 Å². The molecule has 1 aromatic rings. The quantitative estimate of drug-likeness (QED) is 0.771. The predicted molar refractivity (Wildman–Crippen MR) is 67.6 cm³/mol. The zero-order chi connectivity index (χ0) is 15.1. The van der Waals surface area contributed by atoms with Gasteiger partial charge in [0, 0.05) is 24.9 Å². The van der Waals surface area contributed by atoms with Crippen LogP contribution in [0.5, 0.6) is 0 Å². The average molecular weight is 312 g/mol. The number of aromatic nitrogens is 2. The summed E-state index contributed by atoms with van der Waals surface area (Å²) >= 11 is 5.66. The van der Waals surface area contributed by atoms with Crippen molar-refractivity contribution in [3.05, 3.63) is 17.0 Å². The highest BCUT2D eigenvalue weighted by Crippen LogP contribution is 2.40. The van der Waals surface area contributed by atoms with Gasteiger partial charge in [0.2, 0.25) is 0 Å². The molecule has 0 atom stereocenters. The van der Waals surface area contributed by atoms with Crippen molar-refractivity contribution in [2.24, 2.45) is 0 Å². The van der Waals surface area contributed by atoms with E-state index >= 15 is 0 Å². The van der Waals surface area contributed by atoms with E-state index in [1.165, 1.54) is 0 Å². The molecule has 1 aliphatic rings. The third kappa shape index (κ3) is 2.97. The fourth-order valence-electron chi connectivity index (χ4n) is 2.46. The molecule has 0 spiro atoms. The van der Waals surface area contributed by atoms with E-state index in [9.17, 15) is 17.6 Å². The molecule has 2 rings (SSSR count). The van der Waals surface area contributed by atoms with Gasteiger partial charge in [-0.3, -0.25) is 0 Å². The van der Waals surface area contributed by atoms with E-state index < -0.39 is 28.7 Å². The summed E-state index contributed by atoms with van der Waals surface area (Å²) in [6.45, 7) is 3.37. The van der Waals surface area contributed by atoms with Gasteiger partial charge in [0.05, 0.1) is 6.20 Å². The third-order valence-electron chi connectivity index (χ3n) is 3.35. The smallest absolute Gasteiger partial charge is 0.283 e. The van der Waals surface area contributed by atoms with Crippen molar-refractivity contribution in [3.63, 3.8) is 0 Å². The molecular weight excluding hydrogens is 298 g/mol. The zero-order valence-corrected chi connectivity index (χ0v) is 11.8. The number of hydrogen-bond acceptors (Lipinski definition) is 3. The lowest BCUT2D eigenvalue weighted by molar-refractivity contribution is -0.0467. The Hall–Kier alpha value is -1.11. The van der Waals surface area contributed by atoms with Crippen LogP contribution in [-0.4, -0.2) is 28.0 Å². The van der Waals surface area contributed by atoms with E-state index in [0.717, 1.165) is 6.20 Å². The lowest BCUT2D eigenvalue weighted by atomic mass is 9.88. The van der Waals surface area contributed by atoms with Gasteiger partial charge in [-0.05, 0) is 13.8 Å². The number of halogens is 5. The molecule has 1 saturated heterocycles. The maximum atomic E-state index is 13.5. The van der Waals surface area contributed by atoms with Crippen LogP contribution < -0.4 is 4.90 Å². The Balaban J connectivity index is 2.30. The average Bonchev–Trinajstić information content (AvgIpc) is 2.25. The van der Waals surface area contributed by atoms with Crippen LogP contribution in [-0.2, 0) is 0 Å². The van der Waals surface area contributed by atoms with E-state index in [0.29, 0.717) is 0 Å². The molecule has 1 aromatic heterocycles. The summed E-state index contributed by atoms with van der Waals surface area (Å²) < 4.78 is 52.0. The Labute approximate surface area is 119 Å². The summed E-state index contributed by atoms with van der Waals surface area (Å²) in [5.74, 6) is -2.50. The molecule has 0 aliphatic carbocycles. The summed E-state index contributed by atoms with van der Waals surface area (Å²) in [6.07, 6.45) is -2.32. The standard InChI is InChI=1S/C12H14ClF4N3/c1-11(2)6-12(16,17)3-4-20(11)7-5-18-8(10(14)15)9(13)19-7/h5,10H,3-4,6H2,1-2H3. The fourth-order valence-corrected chi connectivity index (χ4v) is 2.68.